The molecule has 0 saturated carbocycles. The van der Waals surface area contributed by atoms with E-state index in [4.69, 9.17) is 12.2 Å². The fraction of sp³-hybridized carbons (Fsp3) is 0.182. The van der Waals surface area contributed by atoms with Crippen molar-refractivity contribution in [3.63, 3.8) is 0 Å². The van der Waals surface area contributed by atoms with Gasteiger partial charge in [0, 0.05) is 23.6 Å². The predicted molar refractivity (Wildman–Crippen MR) is 121 cm³/mol. The van der Waals surface area contributed by atoms with E-state index in [9.17, 15) is 13.2 Å². The molecular weight excluding hydrogens is 418 g/mol. The zero-order chi connectivity index (χ0) is 21.7. The molecule has 1 aromatic heterocycles. The van der Waals surface area contributed by atoms with E-state index in [1.807, 2.05) is 26.0 Å². The highest BCUT2D eigenvalue weighted by Crippen LogP contribution is 2.38. The van der Waals surface area contributed by atoms with Gasteiger partial charge in [0.1, 0.15) is 0 Å². The quantitative estimate of drug-likeness (QED) is 0.471. The fourth-order valence-electron chi connectivity index (χ4n) is 3.87. The van der Waals surface area contributed by atoms with E-state index < -0.39 is 15.6 Å². The summed E-state index contributed by atoms with van der Waals surface area (Å²) in [5, 5.41) is 6.58. The summed E-state index contributed by atoms with van der Waals surface area (Å²) in [6.45, 7) is 7.67. The molecule has 1 fully saturated rings. The van der Waals surface area contributed by atoms with E-state index >= 15 is 0 Å². The minimum Gasteiger partial charge on any atom is -0.344 e. The summed E-state index contributed by atoms with van der Waals surface area (Å²) in [7, 11) is -3.88. The van der Waals surface area contributed by atoms with Crippen LogP contribution in [0.4, 0.5) is 0 Å². The van der Waals surface area contributed by atoms with E-state index in [2.05, 4.69) is 17.2 Å². The molecule has 1 aliphatic heterocycles. The molecule has 2 aromatic carbocycles. The molecule has 30 heavy (non-hydrogen) atoms. The van der Waals surface area contributed by atoms with E-state index in [0.29, 0.717) is 16.5 Å². The predicted octanol–water partition coefficient (Wildman–Crippen LogP) is 3.35. The molecular formula is C22H21N3O3S2. The summed E-state index contributed by atoms with van der Waals surface area (Å²) < 4.78 is 28.2. The minimum absolute atomic E-state index is 0.175. The zero-order valence-corrected chi connectivity index (χ0v) is 18.2. The highest BCUT2D eigenvalue weighted by Gasteiger charge is 2.48. The lowest BCUT2D eigenvalue weighted by atomic mass is 9.84. The third-order valence-corrected chi connectivity index (χ3v) is 7.12. The summed E-state index contributed by atoms with van der Waals surface area (Å²) in [6.07, 6.45) is 1.79. The number of thiocarbonyl (C=S) groups is 1. The number of hydrogen-bond acceptors (Lipinski definition) is 4. The number of rotatable bonds is 5. The molecule has 0 spiro atoms. The third kappa shape index (κ3) is 3.12. The average molecular weight is 440 g/mol. The van der Waals surface area contributed by atoms with E-state index in [1.54, 1.807) is 36.4 Å². The first kappa shape index (κ1) is 20.3. The first-order valence-electron chi connectivity index (χ1n) is 9.36. The van der Waals surface area contributed by atoms with Crippen molar-refractivity contribution in [2.45, 2.75) is 30.7 Å². The third-order valence-electron chi connectivity index (χ3n) is 5.22. The van der Waals surface area contributed by atoms with Crippen molar-refractivity contribution in [1.82, 2.24) is 14.6 Å². The lowest BCUT2D eigenvalue weighted by molar-refractivity contribution is -0.124. The molecule has 1 saturated heterocycles. The molecule has 0 aliphatic carbocycles. The Balaban J connectivity index is 2.00. The number of amides is 1. The number of aromatic nitrogens is 1. The SMILES string of the molecule is C=C(C)CC1(c2cn(S(=O)(=O)c3ccc(C)cc3)c3ccccc23)NC(=S)NC1=O. The van der Waals surface area contributed by atoms with Crippen LogP contribution in [0.2, 0.25) is 0 Å². The molecule has 4 rings (SSSR count). The topological polar surface area (TPSA) is 80.2 Å². The van der Waals surface area contributed by atoms with Gasteiger partial charge in [0.2, 0.25) is 0 Å². The highest BCUT2D eigenvalue weighted by atomic mass is 32.2. The van der Waals surface area contributed by atoms with Gasteiger partial charge < -0.3 is 10.6 Å². The molecule has 154 valence electrons. The van der Waals surface area contributed by atoms with Crippen molar-refractivity contribution in [3.8, 4) is 0 Å². The van der Waals surface area contributed by atoms with Gasteiger partial charge in [-0.05, 0) is 44.3 Å². The Kier molecular flexibility index (Phi) is 4.79. The lowest BCUT2D eigenvalue weighted by Crippen LogP contribution is -2.43. The average Bonchev–Trinajstić information content (AvgIpc) is 3.20. The molecule has 2 N–H and O–H groups in total. The fourth-order valence-corrected chi connectivity index (χ4v) is 5.50. The molecule has 1 aliphatic rings. The van der Waals surface area contributed by atoms with Crippen molar-refractivity contribution in [1.29, 1.82) is 0 Å². The summed E-state index contributed by atoms with van der Waals surface area (Å²) in [5.41, 5.74) is 1.53. The maximum Gasteiger partial charge on any atom is 0.268 e. The van der Waals surface area contributed by atoms with Crippen LogP contribution in [0.1, 0.15) is 24.5 Å². The molecule has 3 aromatic rings. The molecule has 6 nitrogen and oxygen atoms in total. The van der Waals surface area contributed by atoms with Gasteiger partial charge in [-0.1, -0.05) is 41.5 Å². The number of nitrogens with one attached hydrogen (secondary N) is 2. The minimum atomic E-state index is -3.88. The van der Waals surface area contributed by atoms with Gasteiger partial charge in [-0.3, -0.25) is 4.79 Å². The Hall–Kier alpha value is -2.97. The Morgan fingerprint density at radius 1 is 1.17 bits per heavy atom. The van der Waals surface area contributed by atoms with Crippen LogP contribution in [0, 0.1) is 6.92 Å². The number of benzene rings is 2. The molecule has 1 unspecified atom stereocenters. The lowest BCUT2D eigenvalue weighted by Gasteiger charge is -2.26. The largest absolute Gasteiger partial charge is 0.344 e. The van der Waals surface area contributed by atoms with E-state index in [1.165, 1.54) is 10.2 Å². The van der Waals surface area contributed by atoms with Gasteiger partial charge in [0.05, 0.1) is 10.4 Å². The van der Waals surface area contributed by atoms with Crippen LogP contribution in [-0.2, 0) is 20.4 Å². The van der Waals surface area contributed by atoms with E-state index in [-0.39, 0.29) is 22.3 Å². The van der Waals surface area contributed by atoms with Gasteiger partial charge in [-0.25, -0.2) is 12.4 Å². The number of carbonyl (C=O) groups is 1. The number of hydrogen-bond donors (Lipinski definition) is 2. The molecule has 0 radical (unpaired) electrons. The second kappa shape index (κ2) is 7.07. The van der Waals surface area contributed by atoms with Crippen LogP contribution in [0.25, 0.3) is 10.9 Å². The first-order valence-corrected chi connectivity index (χ1v) is 11.2. The Bertz CT molecular complexity index is 1310. The van der Waals surface area contributed by atoms with Crippen LogP contribution >= 0.6 is 12.2 Å². The zero-order valence-electron chi connectivity index (χ0n) is 16.6. The Morgan fingerprint density at radius 3 is 2.43 bits per heavy atom. The summed E-state index contributed by atoms with van der Waals surface area (Å²) in [6, 6.07) is 13.8. The van der Waals surface area contributed by atoms with Gasteiger partial charge in [-0.15, -0.1) is 6.58 Å². The van der Waals surface area contributed by atoms with Crippen LogP contribution in [-0.4, -0.2) is 23.4 Å². The van der Waals surface area contributed by atoms with Gasteiger partial charge in [0.15, 0.2) is 10.7 Å². The molecule has 1 atom stereocenters. The Morgan fingerprint density at radius 2 is 1.83 bits per heavy atom. The van der Waals surface area contributed by atoms with Crippen LogP contribution < -0.4 is 10.6 Å². The number of nitrogens with zero attached hydrogens (tertiary/aromatic N) is 1. The second-order valence-electron chi connectivity index (χ2n) is 7.62. The highest BCUT2D eigenvalue weighted by molar-refractivity contribution is 7.90. The number of para-hydroxylation sites is 1. The Labute approximate surface area is 180 Å². The number of carbonyl (C=O) groups excluding carboxylic acids is 1. The molecule has 0 bridgehead atoms. The van der Waals surface area contributed by atoms with E-state index in [0.717, 1.165) is 11.1 Å². The van der Waals surface area contributed by atoms with Gasteiger partial charge in [0.25, 0.3) is 15.9 Å². The van der Waals surface area contributed by atoms with Crippen LogP contribution in [0.15, 0.2) is 71.8 Å². The number of aryl methyl sites for hydroxylation is 1. The van der Waals surface area contributed by atoms with Crippen molar-refractivity contribution in [2.75, 3.05) is 0 Å². The van der Waals surface area contributed by atoms with Gasteiger partial charge in [-0.2, -0.15) is 0 Å². The van der Waals surface area contributed by atoms with Crippen LogP contribution in [0.3, 0.4) is 0 Å². The summed E-state index contributed by atoms with van der Waals surface area (Å²) in [5.74, 6) is -0.328. The van der Waals surface area contributed by atoms with Crippen molar-refractivity contribution in [2.24, 2.45) is 0 Å². The maximum absolute atomic E-state index is 13.5. The molecule has 8 heteroatoms. The molecule has 2 heterocycles. The van der Waals surface area contributed by atoms with Crippen molar-refractivity contribution >= 4 is 44.2 Å². The maximum atomic E-state index is 13.5. The van der Waals surface area contributed by atoms with Gasteiger partial charge >= 0.3 is 0 Å². The smallest absolute Gasteiger partial charge is 0.268 e. The first-order chi connectivity index (χ1) is 14.1. The summed E-state index contributed by atoms with van der Waals surface area (Å²) in [4.78, 5) is 13.2. The van der Waals surface area contributed by atoms with Crippen LogP contribution in [0.5, 0.6) is 0 Å². The standard InChI is InChI=1S/C22H21N3O3S2/c1-14(2)12-22(20(26)23-21(29)24-22)18-13-25(19-7-5-4-6-17(18)19)30(27,28)16-10-8-15(3)9-11-16/h4-11,13H,1,12H2,2-3H3,(H2,23,24,26,29). The molecule has 1 amide bonds. The number of fused-ring (bicyclic) bond motifs is 1. The van der Waals surface area contributed by atoms with Crippen molar-refractivity contribution < 1.29 is 13.2 Å². The summed E-state index contributed by atoms with van der Waals surface area (Å²) >= 11 is 5.19. The monoisotopic (exact) mass is 439 g/mol. The second-order valence-corrected chi connectivity index (χ2v) is 9.84. The van der Waals surface area contributed by atoms with Crippen molar-refractivity contribution in [3.05, 3.63) is 78.0 Å². The normalized spacial score (nSPS) is 19.0.